The number of hydrogen-bond acceptors (Lipinski definition) is 2. The van der Waals surface area contributed by atoms with Gasteiger partial charge < -0.3 is 5.32 Å². The molecule has 1 aliphatic rings. The van der Waals surface area contributed by atoms with Gasteiger partial charge in [-0.25, -0.2) is 0 Å². The number of rotatable bonds is 4. The van der Waals surface area contributed by atoms with Crippen LogP contribution in [0.3, 0.4) is 0 Å². The molecule has 0 spiro atoms. The maximum Gasteiger partial charge on any atom is 0.0209 e. The number of likely N-dealkylation sites (tertiary alicyclic amines) is 1. The summed E-state index contributed by atoms with van der Waals surface area (Å²) in [7, 11) is 0. The maximum atomic E-state index is 3.66. The van der Waals surface area contributed by atoms with Crippen molar-refractivity contribution < 1.29 is 0 Å². The Hall–Kier alpha value is -0.0800. The van der Waals surface area contributed by atoms with Crippen molar-refractivity contribution in [2.75, 3.05) is 13.1 Å². The van der Waals surface area contributed by atoms with Gasteiger partial charge in [-0.05, 0) is 32.1 Å². The second-order valence-corrected chi connectivity index (χ2v) is 7.80. The summed E-state index contributed by atoms with van der Waals surface area (Å²) in [5.41, 5.74) is 0.735. The molecule has 0 aromatic rings. The number of nitrogens with one attached hydrogen (secondary N) is 1. The van der Waals surface area contributed by atoms with Crippen molar-refractivity contribution in [3.05, 3.63) is 0 Å². The molecule has 0 saturated carbocycles. The van der Waals surface area contributed by atoms with E-state index in [4.69, 9.17) is 0 Å². The Bertz CT molecular complexity index is 238. The summed E-state index contributed by atoms with van der Waals surface area (Å²) in [4.78, 5) is 2.66. The lowest BCUT2D eigenvalue weighted by atomic mass is 9.81. The van der Waals surface area contributed by atoms with Gasteiger partial charge in [-0.2, -0.15) is 0 Å². The fraction of sp³-hybridized carbons (Fsp3) is 1.00. The van der Waals surface area contributed by atoms with Crippen LogP contribution >= 0.6 is 0 Å². The van der Waals surface area contributed by atoms with Crippen LogP contribution in [-0.4, -0.2) is 35.6 Å². The zero-order chi connectivity index (χ0) is 13.3. The second-order valence-electron chi connectivity index (χ2n) is 7.80. The van der Waals surface area contributed by atoms with E-state index < -0.39 is 0 Å². The minimum Gasteiger partial charge on any atom is -0.310 e. The average Bonchev–Trinajstić information content (AvgIpc) is 2.46. The highest BCUT2D eigenvalue weighted by atomic mass is 15.2. The van der Waals surface area contributed by atoms with Crippen LogP contribution in [0.5, 0.6) is 0 Å². The summed E-state index contributed by atoms with van der Waals surface area (Å²) >= 11 is 0. The lowest BCUT2D eigenvalue weighted by Crippen LogP contribution is -2.47. The van der Waals surface area contributed by atoms with Gasteiger partial charge in [0.25, 0.3) is 0 Å². The minimum atomic E-state index is 0.325. The molecule has 1 N–H and O–H groups in total. The quantitative estimate of drug-likeness (QED) is 0.811. The average molecular weight is 240 g/mol. The first kappa shape index (κ1) is 15.0. The van der Waals surface area contributed by atoms with E-state index in [-0.39, 0.29) is 0 Å². The predicted octanol–water partition coefficient (Wildman–Crippen LogP) is 3.27. The summed E-state index contributed by atoms with van der Waals surface area (Å²) < 4.78 is 0. The van der Waals surface area contributed by atoms with E-state index in [1.807, 2.05) is 0 Å². The van der Waals surface area contributed by atoms with E-state index in [1.165, 1.54) is 25.9 Å². The highest BCUT2D eigenvalue weighted by Crippen LogP contribution is 2.33. The van der Waals surface area contributed by atoms with Crippen LogP contribution in [0, 0.1) is 5.41 Å². The minimum absolute atomic E-state index is 0.325. The van der Waals surface area contributed by atoms with Gasteiger partial charge in [0.2, 0.25) is 0 Å². The van der Waals surface area contributed by atoms with Crippen molar-refractivity contribution in [2.24, 2.45) is 5.41 Å². The summed E-state index contributed by atoms with van der Waals surface area (Å²) in [6, 6.07) is 1.29. The van der Waals surface area contributed by atoms with Gasteiger partial charge in [0.05, 0.1) is 0 Å². The topological polar surface area (TPSA) is 15.3 Å². The van der Waals surface area contributed by atoms with Gasteiger partial charge in [0, 0.05) is 30.7 Å². The predicted molar refractivity (Wildman–Crippen MR) is 76.4 cm³/mol. The van der Waals surface area contributed by atoms with Crippen LogP contribution in [0.2, 0.25) is 0 Å². The number of hydrogen-bond donors (Lipinski definition) is 1. The third-order valence-corrected chi connectivity index (χ3v) is 3.58. The molecule has 0 radical (unpaired) electrons. The van der Waals surface area contributed by atoms with Crippen molar-refractivity contribution in [1.82, 2.24) is 10.2 Å². The SMILES string of the molecule is CC(C)NC1CCN(C(C)(C)CC(C)(C)C)C1. The van der Waals surface area contributed by atoms with E-state index in [2.05, 4.69) is 58.7 Å². The van der Waals surface area contributed by atoms with Gasteiger partial charge in [0.1, 0.15) is 0 Å². The lowest BCUT2D eigenvalue weighted by molar-refractivity contribution is 0.0991. The molecular formula is C15H32N2. The molecule has 0 aromatic heterocycles. The Labute approximate surface area is 108 Å². The zero-order valence-electron chi connectivity index (χ0n) is 12.9. The van der Waals surface area contributed by atoms with Crippen molar-refractivity contribution in [1.29, 1.82) is 0 Å². The van der Waals surface area contributed by atoms with Crippen molar-refractivity contribution >= 4 is 0 Å². The standard InChI is InChI=1S/C15H32N2/c1-12(2)16-13-8-9-17(10-13)15(6,7)11-14(3,4)5/h12-13,16H,8-11H2,1-7H3. The Morgan fingerprint density at radius 3 is 2.24 bits per heavy atom. The fourth-order valence-corrected chi connectivity index (χ4v) is 3.33. The van der Waals surface area contributed by atoms with Crippen LogP contribution in [0.25, 0.3) is 0 Å². The van der Waals surface area contributed by atoms with Crippen LogP contribution in [0.4, 0.5) is 0 Å². The summed E-state index contributed by atoms with van der Waals surface area (Å²) in [5.74, 6) is 0. The highest BCUT2D eigenvalue weighted by Gasteiger charge is 2.35. The third-order valence-electron chi connectivity index (χ3n) is 3.58. The highest BCUT2D eigenvalue weighted by molar-refractivity contribution is 4.93. The molecule has 0 aromatic carbocycles. The molecule has 1 heterocycles. The van der Waals surface area contributed by atoms with Gasteiger partial charge in [-0.1, -0.05) is 34.6 Å². The Balaban J connectivity index is 2.52. The molecule has 1 fully saturated rings. The third kappa shape index (κ3) is 4.97. The first-order valence-corrected chi connectivity index (χ1v) is 7.11. The molecule has 1 rings (SSSR count). The molecule has 1 saturated heterocycles. The van der Waals surface area contributed by atoms with Crippen LogP contribution in [0.15, 0.2) is 0 Å². The van der Waals surface area contributed by atoms with Gasteiger partial charge in [0.15, 0.2) is 0 Å². The monoisotopic (exact) mass is 240 g/mol. The Morgan fingerprint density at radius 1 is 1.18 bits per heavy atom. The molecule has 0 aliphatic carbocycles. The lowest BCUT2D eigenvalue weighted by Gasteiger charge is -2.40. The van der Waals surface area contributed by atoms with E-state index in [1.54, 1.807) is 0 Å². The van der Waals surface area contributed by atoms with E-state index in [9.17, 15) is 0 Å². The molecule has 2 nitrogen and oxygen atoms in total. The van der Waals surface area contributed by atoms with E-state index >= 15 is 0 Å². The van der Waals surface area contributed by atoms with Crippen molar-refractivity contribution in [3.8, 4) is 0 Å². The van der Waals surface area contributed by atoms with Crippen molar-refractivity contribution in [3.63, 3.8) is 0 Å². The van der Waals surface area contributed by atoms with Crippen LogP contribution in [0.1, 0.15) is 61.3 Å². The number of nitrogens with zero attached hydrogens (tertiary/aromatic N) is 1. The molecule has 17 heavy (non-hydrogen) atoms. The smallest absolute Gasteiger partial charge is 0.0209 e. The summed E-state index contributed by atoms with van der Waals surface area (Å²) in [6.07, 6.45) is 2.56. The fourth-order valence-electron chi connectivity index (χ4n) is 3.33. The van der Waals surface area contributed by atoms with Gasteiger partial charge >= 0.3 is 0 Å². The molecule has 1 unspecified atom stereocenters. The molecule has 2 heteroatoms. The largest absolute Gasteiger partial charge is 0.310 e. The first-order valence-electron chi connectivity index (χ1n) is 7.11. The Morgan fingerprint density at radius 2 is 1.76 bits per heavy atom. The molecular weight excluding hydrogens is 208 g/mol. The molecule has 1 aliphatic heterocycles. The van der Waals surface area contributed by atoms with Gasteiger partial charge in [-0.3, -0.25) is 4.90 Å². The van der Waals surface area contributed by atoms with Gasteiger partial charge in [-0.15, -0.1) is 0 Å². The molecule has 0 amide bonds. The Kier molecular flexibility index (Phi) is 4.65. The summed E-state index contributed by atoms with van der Waals surface area (Å²) in [5, 5.41) is 3.66. The summed E-state index contributed by atoms with van der Waals surface area (Å²) in [6.45, 7) is 18.8. The van der Waals surface area contributed by atoms with Crippen LogP contribution < -0.4 is 5.32 Å². The van der Waals surface area contributed by atoms with E-state index in [0.29, 0.717) is 23.0 Å². The normalized spacial score (nSPS) is 23.6. The van der Waals surface area contributed by atoms with Crippen molar-refractivity contribution in [2.45, 2.75) is 78.9 Å². The van der Waals surface area contributed by atoms with Crippen LogP contribution in [-0.2, 0) is 0 Å². The van der Waals surface area contributed by atoms with E-state index in [0.717, 1.165) is 0 Å². The molecule has 0 bridgehead atoms. The zero-order valence-corrected chi connectivity index (χ0v) is 12.9. The molecule has 102 valence electrons. The maximum absolute atomic E-state index is 3.66. The first-order chi connectivity index (χ1) is 7.60. The second kappa shape index (κ2) is 5.27. The molecule has 1 atom stereocenters.